The van der Waals surface area contributed by atoms with Crippen LogP contribution in [0.3, 0.4) is 0 Å². The van der Waals surface area contributed by atoms with Gasteiger partial charge >= 0.3 is 0 Å². The summed E-state index contributed by atoms with van der Waals surface area (Å²) in [6.45, 7) is 1.94. The second kappa shape index (κ2) is 5.04. The lowest BCUT2D eigenvalue weighted by atomic mass is 10.1. The molecule has 0 bridgehead atoms. The van der Waals surface area contributed by atoms with E-state index >= 15 is 0 Å². The van der Waals surface area contributed by atoms with Crippen LogP contribution in [0.2, 0.25) is 0 Å². The van der Waals surface area contributed by atoms with Gasteiger partial charge in [0.25, 0.3) is 0 Å². The van der Waals surface area contributed by atoms with Crippen LogP contribution in [-0.2, 0) is 0 Å². The topological polar surface area (TPSA) is 42.1 Å². The van der Waals surface area contributed by atoms with Crippen molar-refractivity contribution >= 4 is 11.5 Å². The Morgan fingerprint density at radius 2 is 1.94 bits per heavy atom. The predicted octanol–water partition coefficient (Wildman–Crippen LogP) is 3.00. The van der Waals surface area contributed by atoms with Gasteiger partial charge in [-0.2, -0.15) is 0 Å². The van der Waals surface area contributed by atoms with Crippen LogP contribution in [0.1, 0.15) is 18.5 Å². The van der Waals surface area contributed by atoms with Crippen molar-refractivity contribution in [2.75, 3.05) is 17.7 Å². The van der Waals surface area contributed by atoms with E-state index < -0.39 is 0 Å². The highest BCUT2D eigenvalue weighted by Crippen LogP contribution is 2.25. The fraction of sp³-hybridized carbons (Fsp3) is 0.214. The van der Waals surface area contributed by atoms with E-state index in [4.69, 9.17) is 5.73 Å². The predicted molar refractivity (Wildman–Crippen MR) is 71.9 cm³/mol. The minimum absolute atomic E-state index is 0.0951. The van der Waals surface area contributed by atoms with Crippen LogP contribution in [0.4, 0.5) is 15.9 Å². The molecule has 2 rings (SSSR count). The van der Waals surface area contributed by atoms with Gasteiger partial charge in [-0.1, -0.05) is 18.2 Å². The number of halogens is 1. The number of benzene rings is 1. The summed E-state index contributed by atoms with van der Waals surface area (Å²) in [7, 11) is 1.88. The SMILES string of the molecule is CC(c1ccccc1F)N(C)c1ccc(N)cn1. The van der Waals surface area contributed by atoms with Crippen LogP contribution in [0.25, 0.3) is 0 Å². The summed E-state index contributed by atoms with van der Waals surface area (Å²) in [5.74, 6) is 0.562. The Morgan fingerprint density at radius 1 is 1.22 bits per heavy atom. The van der Waals surface area contributed by atoms with Crippen molar-refractivity contribution < 1.29 is 4.39 Å². The number of anilines is 2. The van der Waals surface area contributed by atoms with E-state index in [2.05, 4.69) is 4.98 Å². The molecule has 0 saturated carbocycles. The maximum Gasteiger partial charge on any atom is 0.128 e. The number of hydrogen-bond donors (Lipinski definition) is 1. The van der Waals surface area contributed by atoms with Gasteiger partial charge in [0, 0.05) is 12.6 Å². The molecule has 1 atom stereocenters. The van der Waals surface area contributed by atoms with Crippen molar-refractivity contribution in [1.82, 2.24) is 4.98 Å². The first-order chi connectivity index (χ1) is 8.59. The molecular formula is C14H16FN3. The number of nitrogen functional groups attached to an aromatic ring is 1. The summed E-state index contributed by atoms with van der Waals surface area (Å²) in [5, 5.41) is 0. The molecular weight excluding hydrogens is 229 g/mol. The molecule has 0 spiro atoms. The van der Waals surface area contributed by atoms with Crippen LogP contribution in [0.15, 0.2) is 42.6 Å². The quantitative estimate of drug-likeness (QED) is 0.903. The van der Waals surface area contributed by atoms with Gasteiger partial charge in [-0.15, -0.1) is 0 Å². The highest BCUT2D eigenvalue weighted by molar-refractivity contribution is 5.47. The van der Waals surface area contributed by atoms with Gasteiger partial charge in [-0.25, -0.2) is 9.37 Å². The van der Waals surface area contributed by atoms with Gasteiger partial charge in [0.1, 0.15) is 11.6 Å². The average Bonchev–Trinajstić information content (AvgIpc) is 2.38. The van der Waals surface area contributed by atoms with Gasteiger partial charge in [0.05, 0.1) is 17.9 Å². The summed E-state index contributed by atoms with van der Waals surface area (Å²) in [6.07, 6.45) is 1.60. The van der Waals surface area contributed by atoms with E-state index in [0.717, 1.165) is 5.82 Å². The largest absolute Gasteiger partial charge is 0.397 e. The van der Waals surface area contributed by atoms with E-state index in [1.165, 1.54) is 6.07 Å². The molecule has 0 aliphatic carbocycles. The van der Waals surface area contributed by atoms with Gasteiger partial charge in [0.15, 0.2) is 0 Å². The van der Waals surface area contributed by atoms with Crippen molar-refractivity contribution in [2.45, 2.75) is 13.0 Å². The summed E-state index contributed by atoms with van der Waals surface area (Å²) in [6, 6.07) is 10.3. The van der Waals surface area contributed by atoms with Crippen molar-refractivity contribution in [1.29, 1.82) is 0 Å². The number of hydrogen-bond acceptors (Lipinski definition) is 3. The summed E-state index contributed by atoms with van der Waals surface area (Å²) >= 11 is 0. The lowest BCUT2D eigenvalue weighted by molar-refractivity contribution is 0.584. The molecule has 1 aromatic carbocycles. The van der Waals surface area contributed by atoms with Crippen molar-refractivity contribution in [2.24, 2.45) is 0 Å². The monoisotopic (exact) mass is 245 g/mol. The number of nitrogens with zero attached hydrogens (tertiary/aromatic N) is 2. The maximum atomic E-state index is 13.7. The molecule has 1 aromatic heterocycles. The van der Waals surface area contributed by atoms with E-state index in [9.17, 15) is 4.39 Å². The number of aromatic nitrogens is 1. The second-order valence-corrected chi connectivity index (χ2v) is 4.26. The highest BCUT2D eigenvalue weighted by Gasteiger charge is 2.16. The van der Waals surface area contributed by atoms with Crippen LogP contribution >= 0.6 is 0 Å². The Morgan fingerprint density at radius 3 is 2.56 bits per heavy atom. The maximum absolute atomic E-state index is 13.7. The van der Waals surface area contributed by atoms with Gasteiger partial charge in [0.2, 0.25) is 0 Å². The average molecular weight is 245 g/mol. The molecule has 18 heavy (non-hydrogen) atoms. The fourth-order valence-corrected chi connectivity index (χ4v) is 1.83. The summed E-state index contributed by atoms with van der Waals surface area (Å²) in [5.41, 5.74) is 6.87. The van der Waals surface area contributed by atoms with E-state index in [1.54, 1.807) is 24.4 Å². The van der Waals surface area contributed by atoms with Gasteiger partial charge in [-0.3, -0.25) is 0 Å². The summed E-state index contributed by atoms with van der Waals surface area (Å²) < 4.78 is 13.7. The zero-order valence-corrected chi connectivity index (χ0v) is 10.5. The second-order valence-electron chi connectivity index (χ2n) is 4.26. The Balaban J connectivity index is 2.26. The van der Waals surface area contributed by atoms with Crippen molar-refractivity contribution in [3.8, 4) is 0 Å². The highest BCUT2D eigenvalue weighted by atomic mass is 19.1. The molecule has 94 valence electrons. The Kier molecular flexibility index (Phi) is 3.46. The first-order valence-corrected chi connectivity index (χ1v) is 5.78. The fourth-order valence-electron chi connectivity index (χ4n) is 1.83. The van der Waals surface area contributed by atoms with Crippen molar-refractivity contribution in [3.63, 3.8) is 0 Å². The van der Waals surface area contributed by atoms with E-state index in [-0.39, 0.29) is 11.9 Å². The Labute approximate surface area is 106 Å². The third-order valence-electron chi connectivity index (χ3n) is 3.07. The molecule has 2 aromatic rings. The van der Waals surface area contributed by atoms with Crippen LogP contribution in [0.5, 0.6) is 0 Å². The Bertz CT molecular complexity index is 525. The smallest absolute Gasteiger partial charge is 0.128 e. The summed E-state index contributed by atoms with van der Waals surface area (Å²) in [4.78, 5) is 6.15. The number of pyridine rings is 1. The van der Waals surface area contributed by atoms with Crippen LogP contribution in [0, 0.1) is 5.82 Å². The lowest BCUT2D eigenvalue weighted by Gasteiger charge is -2.26. The zero-order valence-electron chi connectivity index (χ0n) is 10.5. The molecule has 2 N–H and O–H groups in total. The van der Waals surface area contributed by atoms with E-state index in [0.29, 0.717) is 11.3 Å². The first-order valence-electron chi connectivity index (χ1n) is 5.78. The standard InChI is InChI=1S/C14H16FN3/c1-10(12-5-3-4-6-13(12)15)18(2)14-8-7-11(16)9-17-14/h3-10H,16H2,1-2H3. The van der Waals surface area contributed by atoms with Crippen LogP contribution < -0.4 is 10.6 Å². The first kappa shape index (κ1) is 12.4. The lowest BCUT2D eigenvalue weighted by Crippen LogP contribution is -2.23. The third-order valence-corrected chi connectivity index (χ3v) is 3.07. The zero-order chi connectivity index (χ0) is 13.1. The van der Waals surface area contributed by atoms with Crippen molar-refractivity contribution in [3.05, 3.63) is 54.0 Å². The van der Waals surface area contributed by atoms with E-state index in [1.807, 2.05) is 31.0 Å². The molecule has 1 heterocycles. The molecule has 0 aliphatic heterocycles. The molecule has 4 heteroatoms. The Hall–Kier alpha value is -2.10. The van der Waals surface area contributed by atoms with Gasteiger partial charge < -0.3 is 10.6 Å². The molecule has 0 aliphatic rings. The number of rotatable bonds is 3. The molecule has 3 nitrogen and oxygen atoms in total. The molecule has 1 unspecified atom stereocenters. The normalized spacial score (nSPS) is 12.2. The molecule has 0 saturated heterocycles. The number of nitrogens with two attached hydrogens (primary N) is 1. The van der Waals surface area contributed by atoms with Gasteiger partial charge in [-0.05, 0) is 25.1 Å². The van der Waals surface area contributed by atoms with Crippen LogP contribution in [-0.4, -0.2) is 12.0 Å². The molecule has 0 amide bonds. The minimum atomic E-state index is -0.202. The minimum Gasteiger partial charge on any atom is -0.397 e. The third kappa shape index (κ3) is 2.42. The molecule has 0 radical (unpaired) electrons. The molecule has 0 fully saturated rings.